The Bertz CT molecular complexity index is 934. The third kappa shape index (κ3) is 3.37. The van der Waals surface area contributed by atoms with E-state index in [2.05, 4.69) is 20.4 Å². The van der Waals surface area contributed by atoms with Gasteiger partial charge in [0.2, 0.25) is 11.9 Å². The van der Waals surface area contributed by atoms with Crippen molar-refractivity contribution in [2.24, 2.45) is 0 Å². The van der Waals surface area contributed by atoms with Gasteiger partial charge in [0, 0.05) is 29.1 Å². The van der Waals surface area contributed by atoms with Gasteiger partial charge in [0.1, 0.15) is 5.75 Å². The zero-order chi connectivity index (χ0) is 18.0. The number of methoxy groups -OCH3 is 1. The van der Waals surface area contributed by atoms with Gasteiger partial charge in [0.15, 0.2) is 0 Å². The molecule has 3 N–H and O–H groups in total. The molecule has 0 unspecified atom stereocenters. The van der Waals surface area contributed by atoms with Crippen molar-refractivity contribution in [3.8, 4) is 5.75 Å². The van der Waals surface area contributed by atoms with Crippen molar-refractivity contribution in [2.75, 3.05) is 12.8 Å². The van der Waals surface area contributed by atoms with Crippen molar-refractivity contribution in [3.05, 3.63) is 46.8 Å². The molecule has 1 aromatic carbocycles. The molecule has 2 aromatic heterocycles. The van der Waals surface area contributed by atoms with Gasteiger partial charge in [-0.2, -0.15) is 9.50 Å². The highest BCUT2D eigenvalue weighted by Gasteiger charge is 2.15. The number of benzene rings is 1. The topological polar surface area (TPSA) is 107 Å². The number of nitrogens with zero attached hydrogens (tertiary/aromatic N) is 4. The van der Waals surface area contributed by atoms with Crippen LogP contribution in [0.5, 0.6) is 5.75 Å². The van der Waals surface area contributed by atoms with E-state index in [-0.39, 0.29) is 18.3 Å². The Balaban J connectivity index is 1.76. The van der Waals surface area contributed by atoms with Gasteiger partial charge in [0.05, 0.1) is 13.5 Å². The summed E-state index contributed by atoms with van der Waals surface area (Å²) in [5.41, 5.74) is 8.91. The average molecular weight is 340 g/mol. The Morgan fingerprint density at radius 1 is 1.28 bits per heavy atom. The van der Waals surface area contributed by atoms with E-state index in [1.54, 1.807) is 11.6 Å². The summed E-state index contributed by atoms with van der Waals surface area (Å²) in [6, 6.07) is 7.58. The van der Waals surface area contributed by atoms with Crippen molar-refractivity contribution in [3.63, 3.8) is 0 Å². The maximum atomic E-state index is 12.4. The molecular weight excluding hydrogens is 320 g/mol. The monoisotopic (exact) mass is 340 g/mol. The first-order valence-corrected chi connectivity index (χ1v) is 7.86. The molecule has 0 aliphatic carbocycles. The molecule has 0 atom stereocenters. The fraction of sp³-hybridized carbons (Fsp3) is 0.294. The van der Waals surface area contributed by atoms with Crippen molar-refractivity contribution in [2.45, 2.75) is 26.8 Å². The van der Waals surface area contributed by atoms with Gasteiger partial charge in [0.25, 0.3) is 5.78 Å². The summed E-state index contributed by atoms with van der Waals surface area (Å²) >= 11 is 0. The molecule has 3 rings (SSSR count). The summed E-state index contributed by atoms with van der Waals surface area (Å²) in [7, 11) is 1.61. The van der Waals surface area contributed by atoms with Gasteiger partial charge < -0.3 is 15.8 Å². The highest BCUT2D eigenvalue weighted by Crippen LogP contribution is 2.17. The number of aromatic nitrogens is 4. The van der Waals surface area contributed by atoms with Gasteiger partial charge in [-0.3, -0.25) is 4.79 Å². The highest BCUT2D eigenvalue weighted by molar-refractivity contribution is 5.79. The number of nitrogens with one attached hydrogen (secondary N) is 1. The number of ether oxygens (including phenoxy) is 1. The van der Waals surface area contributed by atoms with E-state index in [1.165, 1.54) is 0 Å². The zero-order valence-electron chi connectivity index (χ0n) is 14.4. The van der Waals surface area contributed by atoms with Crippen LogP contribution in [0.2, 0.25) is 0 Å². The lowest BCUT2D eigenvalue weighted by Gasteiger charge is -2.12. The lowest BCUT2D eigenvalue weighted by atomic mass is 10.1. The van der Waals surface area contributed by atoms with E-state index < -0.39 is 0 Å². The molecule has 0 radical (unpaired) electrons. The Morgan fingerprint density at radius 2 is 2.04 bits per heavy atom. The molecule has 0 saturated carbocycles. The summed E-state index contributed by atoms with van der Waals surface area (Å²) in [6.45, 7) is 4.12. The smallest absolute Gasteiger partial charge is 0.254 e. The Morgan fingerprint density at radius 3 is 2.80 bits per heavy atom. The van der Waals surface area contributed by atoms with Crippen LogP contribution in [0, 0.1) is 13.8 Å². The minimum absolute atomic E-state index is 0.105. The number of nitrogens with two attached hydrogens (primary N) is 1. The molecule has 1 amide bonds. The lowest BCUT2D eigenvalue weighted by molar-refractivity contribution is -0.120. The number of para-hydroxylation sites is 1. The number of nitrogen functional groups attached to an aromatic ring is 1. The SMILES string of the molecule is COc1ccccc1CNC(=O)Cc1c(C)nc2nc(N)nn2c1C. The number of hydrogen-bond acceptors (Lipinski definition) is 6. The molecule has 130 valence electrons. The summed E-state index contributed by atoms with van der Waals surface area (Å²) in [5.74, 6) is 1.24. The summed E-state index contributed by atoms with van der Waals surface area (Å²) in [5, 5.41) is 7.02. The van der Waals surface area contributed by atoms with Crippen LogP contribution in [-0.2, 0) is 17.8 Å². The molecule has 0 bridgehead atoms. The van der Waals surface area contributed by atoms with Gasteiger partial charge in [-0.1, -0.05) is 18.2 Å². The molecule has 3 aromatic rings. The minimum Gasteiger partial charge on any atom is -0.496 e. The molecule has 0 saturated heterocycles. The van der Waals surface area contributed by atoms with Crippen LogP contribution in [0.1, 0.15) is 22.5 Å². The fourth-order valence-corrected chi connectivity index (χ4v) is 2.75. The third-order valence-electron chi connectivity index (χ3n) is 4.07. The minimum atomic E-state index is -0.105. The fourth-order valence-electron chi connectivity index (χ4n) is 2.75. The lowest BCUT2D eigenvalue weighted by Crippen LogP contribution is -2.26. The number of anilines is 1. The van der Waals surface area contributed by atoms with E-state index >= 15 is 0 Å². The van der Waals surface area contributed by atoms with E-state index in [1.807, 2.05) is 38.1 Å². The molecule has 2 heterocycles. The molecule has 25 heavy (non-hydrogen) atoms. The summed E-state index contributed by atoms with van der Waals surface area (Å²) in [4.78, 5) is 20.8. The second-order valence-corrected chi connectivity index (χ2v) is 5.71. The Kier molecular flexibility index (Phi) is 4.51. The number of carbonyl (C=O) groups is 1. The van der Waals surface area contributed by atoms with Crippen LogP contribution in [0.4, 0.5) is 5.95 Å². The van der Waals surface area contributed by atoms with Crippen LogP contribution in [0.25, 0.3) is 5.78 Å². The molecule has 8 heteroatoms. The van der Waals surface area contributed by atoms with E-state index in [0.717, 1.165) is 28.3 Å². The third-order valence-corrected chi connectivity index (χ3v) is 4.07. The van der Waals surface area contributed by atoms with E-state index in [0.29, 0.717) is 12.3 Å². The number of rotatable bonds is 5. The van der Waals surface area contributed by atoms with Crippen LogP contribution in [0.3, 0.4) is 0 Å². The standard InChI is InChI=1S/C17H20N6O2/c1-10-13(11(2)23-17(20-10)21-16(18)22-23)8-15(24)19-9-12-6-4-5-7-14(12)25-3/h4-7H,8-9H2,1-3H3,(H2,18,22)(H,19,24). The second kappa shape index (κ2) is 6.76. The molecule has 0 aliphatic heterocycles. The summed E-state index contributed by atoms with van der Waals surface area (Å²) < 4.78 is 6.85. The first kappa shape index (κ1) is 16.7. The Hall–Kier alpha value is -3.16. The van der Waals surface area contributed by atoms with Crippen molar-refractivity contribution in [1.29, 1.82) is 0 Å². The van der Waals surface area contributed by atoms with Crippen LogP contribution in [-0.4, -0.2) is 32.6 Å². The molecule has 8 nitrogen and oxygen atoms in total. The molecule has 0 aliphatic rings. The number of carbonyl (C=O) groups excluding carboxylic acids is 1. The van der Waals surface area contributed by atoms with E-state index in [9.17, 15) is 4.79 Å². The van der Waals surface area contributed by atoms with Crippen LogP contribution >= 0.6 is 0 Å². The Labute approximate surface area is 145 Å². The maximum Gasteiger partial charge on any atom is 0.254 e. The van der Waals surface area contributed by atoms with Crippen molar-refractivity contribution < 1.29 is 9.53 Å². The van der Waals surface area contributed by atoms with Gasteiger partial charge in [-0.25, -0.2) is 4.98 Å². The highest BCUT2D eigenvalue weighted by atomic mass is 16.5. The van der Waals surface area contributed by atoms with E-state index in [4.69, 9.17) is 10.5 Å². The van der Waals surface area contributed by atoms with Crippen LogP contribution in [0.15, 0.2) is 24.3 Å². The molecular formula is C17H20N6O2. The first-order valence-electron chi connectivity index (χ1n) is 7.86. The normalized spacial score (nSPS) is 10.8. The maximum absolute atomic E-state index is 12.4. The second-order valence-electron chi connectivity index (χ2n) is 5.71. The quantitative estimate of drug-likeness (QED) is 0.722. The summed E-state index contributed by atoms with van der Waals surface area (Å²) in [6.07, 6.45) is 0.204. The first-order chi connectivity index (χ1) is 12.0. The number of fused-ring (bicyclic) bond motifs is 1. The number of hydrogen-bond donors (Lipinski definition) is 2. The average Bonchev–Trinajstić information content (AvgIpc) is 2.97. The van der Waals surface area contributed by atoms with Gasteiger partial charge in [-0.15, -0.1) is 5.10 Å². The molecule has 0 spiro atoms. The number of aryl methyl sites for hydroxylation is 2. The van der Waals surface area contributed by atoms with Crippen LogP contribution < -0.4 is 15.8 Å². The zero-order valence-corrected chi connectivity index (χ0v) is 14.4. The van der Waals surface area contributed by atoms with Gasteiger partial charge in [-0.05, 0) is 19.9 Å². The van der Waals surface area contributed by atoms with Gasteiger partial charge >= 0.3 is 0 Å². The predicted molar refractivity (Wildman–Crippen MR) is 93.2 cm³/mol. The number of amides is 1. The van der Waals surface area contributed by atoms with Crippen molar-refractivity contribution >= 4 is 17.6 Å². The van der Waals surface area contributed by atoms with Crippen molar-refractivity contribution in [1.82, 2.24) is 24.9 Å². The largest absolute Gasteiger partial charge is 0.496 e. The molecule has 0 fully saturated rings. The predicted octanol–water partition coefficient (Wildman–Crippen LogP) is 1.19.